The van der Waals surface area contributed by atoms with Crippen LogP contribution in [0, 0.1) is 0 Å². The highest BCUT2D eigenvalue weighted by Gasteiger charge is 2.25. The van der Waals surface area contributed by atoms with E-state index in [1.807, 2.05) is 11.4 Å². The summed E-state index contributed by atoms with van der Waals surface area (Å²) >= 11 is 1.40. The zero-order chi connectivity index (χ0) is 15.2. The summed E-state index contributed by atoms with van der Waals surface area (Å²) in [6, 6.07) is 3.61. The van der Waals surface area contributed by atoms with Crippen LogP contribution in [0.25, 0.3) is 0 Å². The molecular formula is C13H16N2O5S. The SMILES string of the molecule is O=C(O)COCC(=O)N1CCN(C(=O)c2cccs2)CC1. The standard InChI is InChI=1S/C13H16N2O5S/c16-11(8-20-9-12(17)18)14-3-5-15(6-4-14)13(19)10-2-1-7-21-10/h1-2,7H,3-6,8-9H2,(H,17,18). The van der Waals surface area contributed by atoms with Crippen molar-refractivity contribution in [3.63, 3.8) is 0 Å². The molecule has 2 heterocycles. The Morgan fingerprint density at radius 3 is 2.38 bits per heavy atom. The molecule has 7 nitrogen and oxygen atoms in total. The number of thiophene rings is 1. The van der Waals surface area contributed by atoms with Gasteiger partial charge in [-0.2, -0.15) is 0 Å². The normalized spacial score (nSPS) is 15.0. The minimum Gasteiger partial charge on any atom is -0.480 e. The molecule has 0 spiro atoms. The van der Waals surface area contributed by atoms with Crippen LogP contribution >= 0.6 is 11.3 Å². The fraction of sp³-hybridized carbons (Fsp3) is 0.462. The molecule has 8 heteroatoms. The Labute approximate surface area is 125 Å². The van der Waals surface area contributed by atoms with Gasteiger partial charge in [-0.15, -0.1) is 11.3 Å². The number of hydrogen-bond acceptors (Lipinski definition) is 5. The van der Waals surface area contributed by atoms with Crippen LogP contribution in [0.5, 0.6) is 0 Å². The van der Waals surface area contributed by atoms with Gasteiger partial charge in [0.1, 0.15) is 13.2 Å². The zero-order valence-electron chi connectivity index (χ0n) is 11.4. The summed E-state index contributed by atoms with van der Waals surface area (Å²) < 4.78 is 4.77. The smallest absolute Gasteiger partial charge is 0.329 e. The molecule has 1 N–H and O–H groups in total. The lowest BCUT2D eigenvalue weighted by atomic mass is 10.3. The topological polar surface area (TPSA) is 87.2 Å². The van der Waals surface area contributed by atoms with E-state index in [1.54, 1.807) is 15.9 Å². The van der Waals surface area contributed by atoms with Gasteiger partial charge < -0.3 is 19.6 Å². The molecule has 1 saturated heterocycles. The Morgan fingerprint density at radius 1 is 1.14 bits per heavy atom. The molecule has 114 valence electrons. The molecule has 1 fully saturated rings. The van der Waals surface area contributed by atoms with Gasteiger partial charge in [0.05, 0.1) is 4.88 Å². The van der Waals surface area contributed by atoms with Crippen LogP contribution in [0.15, 0.2) is 17.5 Å². The second-order valence-electron chi connectivity index (χ2n) is 4.54. The number of ether oxygens (including phenoxy) is 1. The van der Waals surface area contributed by atoms with Gasteiger partial charge in [0.15, 0.2) is 0 Å². The maximum Gasteiger partial charge on any atom is 0.329 e. The van der Waals surface area contributed by atoms with Crippen molar-refractivity contribution < 1.29 is 24.2 Å². The van der Waals surface area contributed by atoms with Crippen LogP contribution in [0.1, 0.15) is 9.67 Å². The summed E-state index contributed by atoms with van der Waals surface area (Å²) in [5.41, 5.74) is 0. The molecule has 2 amide bonds. The molecule has 1 aliphatic heterocycles. The quantitative estimate of drug-likeness (QED) is 0.835. The van der Waals surface area contributed by atoms with Crippen LogP contribution in [-0.2, 0) is 14.3 Å². The van der Waals surface area contributed by atoms with Crippen LogP contribution < -0.4 is 0 Å². The molecule has 0 unspecified atom stereocenters. The largest absolute Gasteiger partial charge is 0.480 e. The van der Waals surface area contributed by atoms with E-state index in [-0.39, 0.29) is 18.4 Å². The second-order valence-corrected chi connectivity index (χ2v) is 5.48. The lowest BCUT2D eigenvalue weighted by Crippen LogP contribution is -2.51. The van der Waals surface area contributed by atoms with E-state index in [9.17, 15) is 14.4 Å². The Balaban J connectivity index is 1.76. The van der Waals surface area contributed by atoms with Crippen molar-refractivity contribution in [1.82, 2.24) is 9.80 Å². The predicted molar refractivity (Wildman–Crippen MR) is 75.3 cm³/mol. The minimum absolute atomic E-state index is 0.0146. The van der Waals surface area contributed by atoms with E-state index in [0.29, 0.717) is 31.1 Å². The fourth-order valence-electron chi connectivity index (χ4n) is 2.03. The minimum atomic E-state index is -1.10. The van der Waals surface area contributed by atoms with Crippen molar-refractivity contribution in [2.75, 3.05) is 39.4 Å². The first-order chi connectivity index (χ1) is 10.1. The van der Waals surface area contributed by atoms with Crippen LogP contribution in [0.2, 0.25) is 0 Å². The molecule has 0 aromatic carbocycles. The summed E-state index contributed by atoms with van der Waals surface area (Å²) in [6.07, 6.45) is 0. The number of amides is 2. The maximum absolute atomic E-state index is 12.1. The lowest BCUT2D eigenvalue weighted by molar-refractivity contribution is -0.146. The number of piperazine rings is 1. The Hall–Kier alpha value is -1.93. The van der Waals surface area contributed by atoms with Gasteiger partial charge in [-0.25, -0.2) is 4.79 Å². The summed E-state index contributed by atoms with van der Waals surface area (Å²) in [6.45, 7) is 1.09. The molecule has 0 aliphatic carbocycles. The van der Waals surface area contributed by atoms with Gasteiger partial charge in [-0.1, -0.05) is 6.07 Å². The van der Waals surface area contributed by atoms with E-state index in [1.165, 1.54) is 11.3 Å². The number of carbonyl (C=O) groups excluding carboxylic acids is 2. The van der Waals surface area contributed by atoms with Crippen LogP contribution in [0.4, 0.5) is 0 Å². The zero-order valence-corrected chi connectivity index (χ0v) is 12.2. The Bertz CT molecular complexity index is 509. The van der Waals surface area contributed by atoms with E-state index < -0.39 is 12.6 Å². The van der Waals surface area contributed by atoms with E-state index in [0.717, 1.165) is 0 Å². The molecule has 1 aromatic rings. The van der Waals surface area contributed by atoms with Crippen molar-refractivity contribution in [2.24, 2.45) is 0 Å². The van der Waals surface area contributed by atoms with Crippen LogP contribution in [-0.4, -0.2) is 72.1 Å². The highest BCUT2D eigenvalue weighted by molar-refractivity contribution is 7.12. The third-order valence-corrected chi connectivity index (χ3v) is 3.96. The van der Waals surface area contributed by atoms with Gasteiger partial charge in [-0.05, 0) is 11.4 Å². The van der Waals surface area contributed by atoms with Crippen LogP contribution in [0.3, 0.4) is 0 Å². The average molecular weight is 312 g/mol. The number of nitrogens with zero attached hydrogens (tertiary/aromatic N) is 2. The number of carbonyl (C=O) groups is 3. The van der Waals surface area contributed by atoms with Crippen molar-refractivity contribution >= 4 is 29.1 Å². The van der Waals surface area contributed by atoms with Gasteiger partial charge in [-0.3, -0.25) is 9.59 Å². The number of hydrogen-bond donors (Lipinski definition) is 1. The molecule has 2 rings (SSSR count). The summed E-state index contributed by atoms with van der Waals surface area (Å²) in [4.78, 5) is 38.2. The molecule has 0 bridgehead atoms. The van der Waals surface area contributed by atoms with Crippen molar-refractivity contribution in [3.05, 3.63) is 22.4 Å². The predicted octanol–water partition coefficient (Wildman–Crippen LogP) is 0.134. The number of carboxylic acids is 1. The monoisotopic (exact) mass is 312 g/mol. The highest BCUT2D eigenvalue weighted by atomic mass is 32.1. The van der Waals surface area contributed by atoms with Crippen molar-refractivity contribution in [3.8, 4) is 0 Å². The summed E-state index contributed by atoms with van der Waals surface area (Å²) in [7, 11) is 0. The van der Waals surface area contributed by atoms with E-state index in [4.69, 9.17) is 9.84 Å². The lowest BCUT2D eigenvalue weighted by Gasteiger charge is -2.34. The molecule has 21 heavy (non-hydrogen) atoms. The number of aliphatic carboxylic acids is 1. The fourth-order valence-corrected chi connectivity index (χ4v) is 2.72. The average Bonchev–Trinajstić information content (AvgIpc) is 3.00. The van der Waals surface area contributed by atoms with Gasteiger partial charge in [0, 0.05) is 26.2 Å². The maximum atomic E-state index is 12.1. The highest BCUT2D eigenvalue weighted by Crippen LogP contribution is 2.13. The number of rotatable bonds is 5. The first kappa shape index (κ1) is 15.5. The first-order valence-corrected chi connectivity index (χ1v) is 7.36. The van der Waals surface area contributed by atoms with E-state index in [2.05, 4.69) is 0 Å². The second kappa shape index (κ2) is 7.19. The van der Waals surface area contributed by atoms with Gasteiger partial charge >= 0.3 is 5.97 Å². The molecule has 1 aliphatic rings. The molecule has 0 radical (unpaired) electrons. The first-order valence-electron chi connectivity index (χ1n) is 6.48. The Morgan fingerprint density at radius 2 is 1.81 bits per heavy atom. The molecule has 0 atom stereocenters. The van der Waals surface area contributed by atoms with Gasteiger partial charge in [0.25, 0.3) is 5.91 Å². The summed E-state index contributed by atoms with van der Waals surface area (Å²) in [5, 5.41) is 10.3. The molecule has 1 aromatic heterocycles. The van der Waals surface area contributed by atoms with Gasteiger partial charge in [0.2, 0.25) is 5.91 Å². The number of carboxylic acid groups (broad SMARTS) is 1. The van der Waals surface area contributed by atoms with E-state index >= 15 is 0 Å². The summed E-state index contributed by atoms with van der Waals surface area (Å²) in [5.74, 6) is -1.37. The van der Waals surface area contributed by atoms with Crippen molar-refractivity contribution in [2.45, 2.75) is 0 Å². The third-order valence-electron chi connectivity index (χ3n) is 3.10. The molecule has 0 saturated carbocycles. The third kappa shape index (κ3) is 4.27. The van der Waals surface area contributed by atoms with Crippen molar-refractivity contribution in [1.29, 1.82) is 0 Å². The molecular weight excluding hydrogens is 296 g/mol. The Kier molecular flexibility index (Phi) is 5.29.